The molecule has 1 atom stereocenters. The Bertz CT molecular complexity index is 818. The second-order valence-corrected chi connectivity index (χ2v) is 7.04. The summed E-state index contributed by atoms with van der Waals surface area (Å²) in [6, 6.07) is 7.21. The molecule has 1 fully saturated rings. The smallest absolute Gasteiger partial charge is 0.303 e. The molecule has 26 heavy (non-hydrogen) atoms. The van der Waals surface area contributed by atoms with Gasteiger partial charge in [-0.3, -0.25) is 9.59 Å². The van der Waals surface area contributed by atoms with Crippen molar-refractivity contribution in [1.29, 1.82) is 0 Å². The van der Waals surface area contributed by atoms with Gasteiger partial charge in [-0.05, 0) is 38.2 Å². The standard InChI is InChI=1S/C19H21ClN2O4/c1-12-17(18(21-26-12)14-6-2-3-7-15(14)20)19(25)22-10-4-5-13(11-22)8-9-16(23)24/h2-3,6-7,13H,4-5,8-11H2,1H3,(H,23,24). The topological polar surface area (TPSA) is 83.6 Å². The molecule has 1 aromatic heterocycles. The van der Waals surface area contributed by atoms with Crippen molar-refractivity contribution in [2.45, 2.75) is 32.6 Å². The van der Waals surface area contributed by atoms with Crippen molar-refractivity contribution in [1.82, 2.24) is 10.1 Å². The Morgan fingerprint density at radius 3 is 2.88 bits per heavy atom. The summed E-state index contributed by atoms with van der Waals surface area (Å²) in [5.74, 6) is -0.284. The van der Waals surface area contributed by atoms with Gasteiger partial charge < -0.3 is 14.5 Å². The quantitative estimate of drug-likeness (QED) is 0.851. The van der Waals surface area contributed by atoms with Gasteiger partial charge in [0.2, 0.25) is 0 Å². The monoisotopic (exact) mass is 376 g/mol. The zero-order valence-corrected chi connectivity index (χ0v) is 15.3. The van der Waals surface area contributed by atoms with Crippen LogP contribution in [0.3, 0.4) is 0 Å². The highest BCUT2D eigenvalue weighted by Crippen LogP contribution is 2.32. The molecule has 0 spiro atoms. The van der Waals surface area contributed by atoms with E-state index < -0.39 is 5.97 Å². The molecule has 1 aliphatic rings. The van der Waals surface area contributed by atoms with E-state index in [2.05, 4.69) is 5.16 Å². The summed E-state index contributed by atoms with van der Waals surface area (Å²) in [7, 11) is 0. The molecule has 1 N–H and O–H groups in total. The number of aliphatic carboxylic acids is 1. The van der Waals surface area contributed by atoms with Crippen LogP contribution >= 0.6 is 11.6 Å². The number of carbonyl (C=O) groups excluding carboxylic acids is 1. The third-order valence-electron chi connectivity index (χ3n) is 4.78. The fourth-order valence-corrected chi connectivity index (χ4v) is 3.66. The molecule has 0 bridgehead atoms. The molecule has 2 aromatic rings. The van der Waals surface area contributed by atoms with Crippen LogP contribution in [-0.4, -0.2) is 40.1 Å². The van der Waals surface area contributed by atoms with E-state index in [1.807, 2.05) is 18.2 Å². The molecular weight excluding hydrogens is 356 g/mol. The maximum Gasteiger partial charge on any atom is 0.303 e. The number of carbonyl (C=O) groups is 2. The summed E-state index contributed by atoms with van der Waals surface area (Å²) >= 11 is 6.26. The average molecular weight is 377 g/mol. The van der Waals surface area contributed by atoms with Gasteiger partial charge in [-0.1, -0.05) is 35.0 Å². The van der Waals surface area contributed by atoms with Crippen LogP contribution in [0, 0.1) is 12.8 Å². The number of halogens is 1. The summed E-state index contributed by atoms with van der Waals surface area (Å²) in [5.41, 5.74) is 1.54. The molecule has 1 saturated heterocycles. The lowest BCUT2D eigenvalue weighted by Gasteiger charge is -2.32. The van der Waals surface area contributed by atoms with Gasteiger partial charge in [-0.25, -0.2) is 0 Å². The molecule has 138 valence electrons. The molecule has 0 saturated carbocycles. The SMILES string of the molecule is Cc1onc(-c2ccccc2Cl)c1C(=O)N1CCCC(CCC(=O)O)C1. The minimum absolute atomic E-state index is 0.129. The van der Waals surface area contributed by atoms with Crippen LogP contribution in [0.15, 0.2) is 28.8 Å². The number of piperidine rings is 1. The van der Waals surface area contributed by atoms with Crippen LogP contribution < -0.4 is 0 Å². The first-order chi connectivity index (χ1) is 12.5. The van der Waals surface area contributed by atoms with Gasteiger partial charge in [0.1, 0.15) is 17.0 Å². The van der Waals surface area contributed by atoms with Gasteiger partial charge in [0.15, 0.2) is 0 Å². The second kappa shape index (κ2) is 7.91. The van der Waals surface area contributed by atoms with Gasteiger partial charge >= 0.3 is 5.97 Å². The minimum Gasteiger partial charge on any atom is -0.481 e. The van der Waals surface area contributed by atoms with E-state index in [4.69, 9.17) is 21.2 Å². The van der Waals surface area contributed by atoms with Crippen molar-refractivity contribution >= 4 is 23.5 Å². The molecule has 0 aliphatic carbocycles. The summed E-state index contributed by atoms with van der Waals surface area (Å²) in [6.07, 6.45) is 2.52. The van der Waals surface area contributed by atoms with Crippen LogP contribution in [0.1, 0.15) is 41.8 Å². The summed E-state index contributed by atoms with van der Waals surface area (Å²) in [6.45, 7) is 2.92. The highest BCUT2D eigenvalue weighted by atomic mass is 35.5. The van der Waals surface area contributed by atoms with Crippen LogP contribution in [0.5, 0.6) is 0 Å². The number of nitrogens with zero attached hydrogens (tertiary/aromatic N) is 2. The first kappa shape index (κ1) is 18.5. The number of benzene rings is 1. The van der Waals surface area contributed by atoms with Gasteiger partial charge in [0.25, 0.3) is 5.91 Å². The van der Waals surface area contributed by atoms with E-state index in [-0.39, 0.29) is 18.2 Å². The number of hydrogen-bond acceptors (Lipinski definition) is 4. The Morgan fingerprint density at radius 2 is 2.15 bits per heavy atom. The summed E-state index contributed by atoms with van der Waals surface area (Å²) in [5, 5.41) is 13.4. The Morgan fingerprint density at radius 1 is 1.38 bits per heavy atom. The van der Waals surface area contributed by atoms with Crippen molar-refractivity contribution in [2.75, 3.05) is 13.1 Å². The third-order valence-corrected chi connectivity index (χ3v) is 5.11. The molecule has 1 unspecified atom stereocenters. The fourth-order valence-electron chi connectivity index (χ4n) is 3.43. The lowest BCUT2D eigenvalue weighted by Crippen LogP contribution is -2.40. The maximum atomic E-state index is 13.1. The zero-order chi connectivity index (χ0) is 18.7. The van der Waals surface area contributed by atoms with E-state index in [0.29, 0.717) is 47.1 Å². The lowest BCUT2D eigenvalue weighted by molar-refractivity contribution is -0.137. The van der Waals surface area contributed by atoms with E-state index in [9.17, 15) is 9.59 Å². The van der Waals surface area contributed by atoms with Crippen molar-refractivity contribution in [3.05, 3.63) is 40.6 Å². The Kier molecular flexibility index (Phi) is 5.61. The Hall–Kier alpha value is -2.34. The predicted octanol–water partition coefficient (Wildman–Crippen LogP) is 4.02. The Balaban J connectivity index is 1.83. The largest absolute Gasteiger partial charge is 0.481 e. The number of likely N-dealkylation sites (tertiary alicyclic amines) is 1. The second-order valence-electron chi connectivity index (χ2n) is 6.63. The van der Waals surface area contributed by atoms with E-state index in [1.165, 1.54) is 0 Å². The molecule has 6 nitrogen and oxygen atoms in total. The minimum atomic E-state index is -0.802. The highest BCUT2D eigenvalue weighted by Gasteiger charge is 2.30. The summed E-state index contributed by atoms with van der Waals surface area (Å²) < 4.78 is 5.29. The average Bonchev–Trinajstić information content (AvgIpc) is 3.01. The number of aromatic nitrogens is 1. The molecule has 0 radical (unpaired) electrons. The van der Waals surface area contributed by atoms with Gasteiger partial charge in [0.05, 0.1) is 5.02 Å². The number of rotatable bonds is 5. The summed E-state index contributed by atoms with van der Waals surface area (Å²) in [4.78, 5) is 25.7. The van der Waals surface area contributed by atoms with Crippen molar-refractivity contribution in [3.8, 4) is 11.3 Å². The number of carboxylic acid groups (broad SMARTS) is 1. The van der Waals surface area contributed by atoms with E-state index in [1.54, 1.807) is 17.9 Å². The molecular formula is C19H21ClN2O4. The molecule has 1 aliphatic heterocycles. The fraction of sp³-hybridized carbons (Fsp3) is 0.421. The number of hydrogen-bond donors (Lipinski definition) is 1. The van der Waals surface area contributed by atoms with Gasteiger partial charge in [-0.15, -0.1) is 0 Å². The third kappa shape index (κ3) is 3.90. The number of aryl methyl sites for hydroxylation is 1. The molecule has 7 heteroatoms. The molecule has 3 rings (SSSR count). The first-order valence-electron chi connectivity index (χ1n) is 8.69. The Labute approximate surface area is 156 Å². The van der Waals surface area contributed by atoms with Crippen LogP contribution in [0.25, 0.3) is 11.3 Å². The molecule has 2 heterocycles. The number of amides is 1. The normalized spacial score (nSPS) is 17.3. The molecule has 1 amide bonds. The van der Waals surface area contributed by atoms with E-state index in [0.717, 1.165) is 12.8 Å². The predicted molar refractivity (Wildman–Crippen MR) is 97.2 cm³/mol. The van der Waals surface area contributed by atoms with Gasteiger partial charge in [-0.2, -0.15) is 0 Å². The lowest BCUT2D eigenvalue weighted by atomic mass is 9.92. The maximum absolute atomic E-state index is 13.1. The van der Waals surface area contributed by atoms with Crippen molar-refractivity contribution < 1.29 is 19.2 Å². The van der Waals surface area contributed by atoms with Crippen LogP contribution in [0.2, 0.25) is 5.02 Å². The molecule has 1 aromatic carbocycles. The van der Waals surface area contributed by atoms with Crippen molar-refractivity contribution in [2.24, 2.45) is 5.92 Å². The van der Waals surface area contributed by atoms with E-state index >= 15 is 0 Å². The van der Waals surface area contributed by atoms with Crippen LogP contribution in [-0.2, 0) is 4.79 Å². The van der Waals surface area contributed by atoms with Crippen LogP contribution in [0.4, 0.5) is 0 Å². The van der Waals surface area contributed by atoms with Gasteiger partial charge in [0, 0.05) is 25.1 Å². The van der Waals surface area contributed by atoms with Crippen molar-refractivity contribution in [3.63, 3.8) is 0 Å². The highest BCUT2D eigenvalue weighted by molar-refractivity contribution is 6.33. The first-order valence-corrected chi connectivity index (χ1v) is 9.07. The zero-order valence-electron chi connectivity index (χ0n) is 14.6. The number of carboxylic acids is 1.